The number of Topliss-reactive ketones (excluding diaryl/α,β-unsaturated/α-hetero) is 1. The van der Waals surface area contributed by atoms with Crippen LogP contribution in [0.15, 0.2) is 30.3 Å². The van der Waals surface area contributed by atoms with Crippen molar-refractivity contribution in [1.29, 1.82) is 0 Å². The molecule has 0 N–H and O–H groups in total. The summed E-state index contributed by atoms with van der Waals surface area (Å²) in [6, 6.07) is 9.97. The number of carbonyl (C=O) groups is 1. The fourth-order valence-electron chi connectivity index (χ4n) is 1.92. The number of hydrogen-bond acceptors (Lipinski definition) is 1. The van der Waals surface area contributed by atoms with E-state index in [0.29, 0.717) is 0 Å². The zero-order chi connectivity index (χ0) is 11.7. The molecular weight excluding hydrogens is 184 g/mol. The topological polar surface area (TPSA) is 17.1 Å². The molecule has 1 aromatic carbocycles. The van der Waals surface area contributed by atoms with Gasteiger partial charge in [-0.15, -0.1) is 0 Å². The van der Waals surface area contributed by atoms with E-state index in [1.165, 1.54) is 0 Å². The van der Waals surface area contributed by atoms with Crippen molar-refractivity contribution in [3.63, 3.8) is 0 Å². The largest absolute Gasteiger partial charge is 0.298 e. The Morgan fingerprint density at radius 1 is 0.933 bits per heavy atom. The minimum atomic E-state index is -0.403. The minimum Gasteiger partial charge on any atom is -0.298 e. The molecule has 0 radical (unpaired) electrons. The maximum atomic E-state index is 12.3. The van der Waals surface area contributed by atoms with E-state index < -0.39 is 5.41 Å². The summed E-state index contributed by atoms with van der Waals surface area (Å²) in [6.07, 6.45) is 0. The molecule has 0 aliphatic heterocycles. The third kappa shape index (κ3) is 2.47. The van der Waals surface area contributed by atoms with E-state index in [9.17, 15) is 4.79 Å². The first-order chi connectivity index (χ1) is 6.76. The summed E-state index contributed by atoms with van der Waals surface area (Å²) in [5.74, 6) is 0.279. The van der Waals surface area contributed by atoms with Crippen LogP contribution in [-0.4, -0.2) is 5.78 Å². The van der Waals surface area contributed by atoms with Gasteiger partial charge in [0.25, 0.3) is 0 Å². The monoisotopic (exact) mass is 204 g/mol. The van der Waals surface area contributed by atoms with Crippen molar-refractivity contribution in [2.24, 2.45) is 5.41 Å². The quantitative estimate of drug-likeness (QED) is 0.719. The van der Waals surface area contributed by atoms with Gasteiger partial charge in [-0.25, -0.2) is 0 Å². The van der Waals surface area contributed by atoms with Gasteiger partial charge in [-0.2, -0.15) is 0 Å². The molecule has 0 heterocycles. The van der Waals surface area contributed by atoms with Crippen molar-refractivity contribution in [2.75, 3.05) is 0 Å². The standard InChI is InChI=1S/C14H20O/c1-13(2,3)12(15)14(4,5)11-9-7-6-8-10-11/h6-10H,1-5H3. The van der Waals surface area contributed by atoms with E-state index in [1.807, 2.05) is 65.0 Å². The molecule has 0 unspecified atom stereocenters. The predicted molar refractivity (Wildman–Crippen MR) is 63.9 cm³/mol. The second-order valence-corrected chi connectivity index (χ2v) is 5.57. The molecule has 82 valence electrons. The van der Waals surface area contributed by atoms with E-state index in [4.69, 9.17) is 0 Å². The normalized spacial score (nSPS) is 12.6. The minimum absolute atomic E-state index is 0.279. The molecular formula is C14H20O. The van der Waals surface area contributed by atoms with Gasteiger partial charge in [-0.05, 0) is 19.4 Å². The summed E-state index contributed by atoms with van der Waals surface area (Å²) in [4.78, 5) is 12.3. The molecule has 0 saturated carbocycles. The summed E-state index contributed by atoms with van der Waals surface area (Å²) in [5, 5.41) is 0. The summed E-state index contributed by atoms with van der Waals surface area (Å²) in [5.41, 5.74) is 0.392. The maximum absolute atomic E-state index is 12.3. The average molecular weight is 204 g/mol. The lowest BCUT2D eigenvalue weighted by Crippen LogP contribution is -2.38. The second-order valence-electron chi connectivity index (χ2n) is 5.57. The van der Waals surface area contributed by atoms with Crippen LogP contribution in [0.3, 0.4) is 0 Å². The molecule has 0 fully saturated rings. The molecule has 0 saturated heterocycles. The highest BCUT2D eigenvalue weighted by atomic mass is 16.1. The molecule has 1 rings (SSSR count). The molecule has 1 aromatic rings. The van der Waals surface area contributed by atoms with Gasteiger partial charge in [0.05, 0.1) is 0 Å². The lowest BCUT2D eigenvalue weighted by Gasteiger charge is -2.31. The number of ketones is 1. The third-order valence-electron chi connectivity index (χ3n) is 2.74. The first-order valence-electron chi connectivity index (χ1n) is 5.36. The Morgan fingerprint density at radius 3 is 1.80 bits per heavy atom. The highest BCUT2D eigenvalue weighted by molar-refractivity contribution is 5.93. The molecule has 0 spiro atoms. The van der Waals surface area contributed by atoms with Gasteiger partial charge in [0.2, 0.25) is 0 Å². The van der Waals surface area contributed by atoms with Gasteiger partial charge in [-0.1, -0.05) is 51.1 Å². The van der Waals surface area contributed by atoms with E-state index >= 15 is 0 Å². The van der Waals surface area contributed by atoms with Crippen LogP contribution in [0.25, 0.3) is 0 Å². The Morgan fingerprint density at radius 2 is 1.40 bits per heavy atom. The van der Waals surface area contributed by atoms with Gasteiger partial charge < -0.3 is 0 Å². The highest BCUT2D eigenvalue weighted by Gasteiger charge is 2.36. The van der Waals surface area contributed by atoms with Gasteiger partial charge in [0, 0.05) is 10.8 Å². The van der Waals surface area contributed by atoms with Crippen LogP contribution in [0.4, 0.5) is 0 Å². The van der Waals surface area contributed by atoms with E-state index in [1.54, 1.807) is 0 Å². The number of hydrogen-bond donors (Lipinski definition) is 0. The van der Waals surface area contributed by atoms with Crippen LogP contribution in [0, 0.1) is 5.41 Å². The van der Waals surface area contributed by atoms with E-state index in [2.05, 4.69) is 0 Å². The van der Waals surface area contributed by atoms with Crippen LogP contribution in [0.2, 0.25) is 0 Å². The summed E-state index contributed by atoms with van der Waals surface area (Å²) in [6.45, 7) is 9.91. The number of benzene rings is 1. The zero-order valence-electron chi connectivity index (χ0n) is 10.3. The van der Waals surface area contributed by atoms with Crippen LogP contribution in [0.5, 0.6) is 0 Å². The molecule has 0 aromatic heterocycles. The van der Waals surface area contributed by atoms with Crippen molar-refractivity contribution in [3.05, 3.63) is 35.9 Å². The summed E-state index contributed by atoms with van der Waals surface area (Å²) >= 11 is 0. The summed E-state index contributed by atoms with van der Waals surface area (Å²) < 4.78 is 0. The molecule has 15 heavy (non-hydrogen) atoms. The Bertz CT molecular complexity index is 341. The maximum Gasteiger partial charge on any atom is 0.148 e. The average Bonchev–Trinajstić information content (AvgIpc) is 2.16. The zero-order valence-corrected chi connectivity index (χ0v) is 10.3. The van der Waals surface area contributed by atoms with Crippen molar-refractivity contribution >= 4 is 5.78 Å². The second kappa shape index (κ2) is 3.80. The van der Waals surface area contributed by atoms with Gasteiger partial charge in [-0.3, -0.25) is 4.79 Å². The lowest BCUT2D eigenvalue weighted by atomic mass is 9.71. The van der Waals surface area contributed by atoms with Gasteiger partial charge >= 0.3 is 0 Å². The Labute approximate surface area is 92.5 Å². The van der Waals surface area contributed by atoms with Crippen LogP contribution >= 0.6 is 0 Å². The lowest BCUT2D eigenvalue weighted by molar-refractivity contribution is -0.131. The highest BCUT2D eigenvalue weighted by Crippen LogP contribution is 2.32. The fourth-order valence-corrected chi connectivity index (χ4v) is 1.92. The molecule has 0 amide bonds. The first-order valence-corrected chi connectivity index (χ1v) is 5.36. The van der Waals surface area contributed by atoms with Crippen LogP contribution in [-0.2, 0) is 10.2 Å². The predicted octanol–water partition coefficient (Wildman–Crippen LogP) is 3.58. The van der Waals surface area contributed by atoms with Crippen molar-refractivity contribution in [1.82, 2.24) is 0 Å². The SMILES string of the molecule is CC(C)(C)C(=O)C(C)(C)c1ccccc1. The number of carbonyl (C=O) groups excluding carboxylic acids is 1. The van der Waals surface area contributed by atoms with Gasteiger partial charge in [0.15, 0.2) is 0 Å². The molecule has 1 heteroatoms. The molecule has 0 aliphatic rings. The Hall–Kier alpha value is -1.11. The van der Waals surface area contributed by atoms with Crippen molar-refractivity contribution < 1.29 is 4.79 Å². The molecule has 0 atom stereocenters. The molecule has 0 aliphatic carbocycles. The van der Waals surface area contributed by atoms with Crippen LogP contribution in [0.1, 0.15) is 40.2 Å². The molecule has 1 nitrogen and oxygen atoms in total. The van der Waals surface area contributed by atoms with Crippen molar-refractivity contribution in [3.8, 4) is 0 Å². The Kier molecular flexibility index (Phi) is 3.03. The Balaban J connectivity index is 3.09. The van der Waals surface area contributed by atoms with Crippen molar-refractivity contribution in [2.45, 2.75) is 40.0 Å². The summed E-state index contributed by atoms with van der Waals surface area (Å²) in [7, 11) is 0. The third-order valence-corrected chi connectivity index (χ3v) is 2.74. The smallest absolute Gasteiger partial charge is 0.148 e. The molecule has 0 bridgehead atoms. The number of rotatable bonds is 2. The fraction of sp³-hybridized carbons (Fsp3) is 0.500. The first kappa shape index (κ1) is 12.0. The van der Waals surface area contributed by atoms with E-state index in [0.717, 1.165) is 5.56 Å². The van der Waals surface area contributed by atoms with E-state index in [-0.39, 0.29) is 11.2 Å². The van der Waals surface area contributed by atoms with Gasteiger partial charge in [0.1, 0.15) is 5.78 Å². The van der Waals surface area contributed by atoms with Crippen LogP contribution < -0.4 is 0 Å².